The molecule has 3 rings (SSSR count). The van der Waals surface area contributed by atoms with Crippen molar-refractivity contribution >= 4 is 11.6 Å². The van der Waals surface area contributed by atoms with Gasteiger partial charge in [-0.1, -0.05) is 48.0 Å². The standard InChI is InChI=1S/C21H19ClFNO2/c22-16-9-11-18(12-10-16)26-21-19(23)7-4-8-20(21)25-14-17(24)13-15-5-2-1-3-6-15/h1-12,17H,13-14,24H2/t17-/m0/s1. The predicted octanol–water partition coefficient (Wildman–Crippen LogP) is 5.22. The highest BCUT2D eigenvalue weighted by atomic mass is 35.5. The van der Waals surface area contributed by atoms with Crippen LogP contribution in [0.4, 0.5) is 4.39 Å². The van der Waals surface area contributed by atoms with Crippen molar-refractivity contribution in [3.05, 3.63) is 89.2 Å². The lowest BCUT2D eigenvalue weighted by Gasteiger charge is -2.16. The van der Waals surface area contributed by atoms with Gasteiger partial charge in [0.05, 0.1) is 0 Å². The first-order valence-electron chi connectivity index (χ1n) is 8.26. The molecule has 0 saturated heterocycles. The minimum Gasteiger partial charge on any atom is -0.488 e. The predicted molar refractivity (Wildman–Crippen MR) is 102 cm³/mol. The van der Waals surface area contributed by atoms with Crippen molar-refractivity contribution in [2.75, 3.05) is 6.61 Å². The Balaban J connectivity index is 1.67. The molecule has 0 unspecified atom stereocenters. The van der Waals surface area contributed by atoms with Crippen LogP contribution in [0, 0.1) is 5.82 Å². The van der Waals surface area contributed by atoms with Crippen LogP contribution in [0.5, 0.6) is 17.2 Å². The summed E-state index contributed by atoms with van der Waals surface area (Å²) in [6, 6.07) is 20.9. The summed E-state index contributed by atoms with van der Waals surface area (Å²) in [5.74, 6) is 0.303. The van der Waals surface area contributed by atoms with Crippen LogP contribution in [0.15, 0.2) is 72.8 Å². The number of hydrogen-bond donors (Lipinski definition) is 1. The molecule has 3 aromatic rings. The number of hydrogen-bond acceptors (Lipinski definition) is 3. The fourth-order valence-corrected chi connectivity index (χ4v) is 2.62. The number of benzene rings is 3. The average Bonchev–Trinajstić information content (AvgIpc) is 2.65. The second-order valence-electron chi connectivity index (χ2n) is 5.88. The first-order valence-corrected chi connectivity index (χ1v) is 8.64. The van der Waals surface area contributed by atoms with Gasteiger partial charge in [-0.25, -0.2) is 4.39 Å². The van der Waals surface area contributed by atoms with Crippen LogP contribution < -0.4 is 15.2 Å². The zero-order valence-corrected chi connectivity index (χ0v) is 14.8. The van der Waals surface area contributed by atoms with Gasteiger partial charge in [0.1, 0.15) is 12.4 Å². The summed E-state index contributed by atoms with van der Waals surface area (Å²) in [7, 11) is 0. The molecule has 0 heterocycles. The molecule has 0 amide bonds. The van der Waals surface area contributed by atoms with Crippen LogP contribution in [-0.2, 0) is 6.42 Å². The minimum atomic E-state index is -0.505. The van der Waals surface area contributed by atoms with Crippen LogP contribution >= 0.6 is 11.6 Å². The van der Waals surface area contributed by atoms with Gasteiger partial charge in [0.15, 0.2) is 11.6 Å². The fraction of sp³-hybridized carbons (Fsp3) is 0.143. The van der Waals surface area contributed by atoms with E-state index in [9.17, 15) is 4.39 Å². The van der Waals surface area contributed by atoms with E-state index < -0.39 is 5.82 Å². The lowest BCUT2D eigenvalue weighted by atomic mass is 10.1. The number of para-hydroxylation sites is 1. The highest BCUT2D eigenvalue weighted by molar-refractivity contribution is 6.30. The molecule has 0 bridgehead atoms. The average molecular weight is 372 g/mol. The van der Waals surface area contributed by atoms with Gasteiger partial charge in [0.2, 0.25) is 5.75 Å². The summed E-state index contributed by atoms with van der Waals surface area (Å²) in [6.07, 6.45) is 0.670. The molecule has 0 saturated carbocycles. The second kappa shape index (κ2) is 8.70. The number of ether oxygens (including phenoxy) is 2. The number of rotatable bonds is 7. The Morgan fingerprint density at radius 3 is 2.38 bits per heavy atom. The molecule has 0 fully saturated rings. The fourth-order valence-electron chi connectivity index (χ4n) is 2.49. The molecule has 0 aliphatic heterocycles. The summed E-state index contributed by atoms with van der Waals surface area (Å²) in [4.78, 5) is 0. The Bertz CT molecular complexity index is 840. The minimum absolute atomic E-state index is 0.0294. The summed E-state index contributed by atoms with van der Waals surface area (Å²) >= 11 is 5.86. The van der Waals surface area contributed by atoms with Gasteiger partial charge in [-0.2, -0.15) is 0 Å². The third kappa shape index (κ3) is 4.97. The van der Waals surface area contributed by atoms with Gasteiger partial charge in [0, 0.05) is 11.1 Å². The van der Waals surface area contributed by atoms with E-state index in [1.807, 2.05) is 30.3 Å². The summed E-state index contributed by atoms with van der Waals surface area (Å²) in [5.41, 5.74) is 7.26. The highest BCUT2D eigenvalue weighted by Crippen LogP contribution is 2.34. The molecule has 0 radical (unpaired) electrons. The molecule has 1 atom stereocenters. The van der Waals surface area contributed by atoms with Gasteiger partial charge >= 0.3 is 0 Å². The normalized spacial score (nSPS) is 11.8. The number of nitrogens with two attached hydrogens (primary N) is 1. The maximum atomic E-state index is 14.2. The van der Waals surface area contributed by atoms with Crippen molar-refractivity contribution in [1.82, 2.24) is 0 Å². The summed E-state index contributed by atoms with van der Waals surface area (Å²) in [5, 5.41) is 0.578. The van der Waals surface area contributed by atoms with E-state index in [1.54, 1.807) is 36.4 Å². The lowest BCUT2D eigenvalue weighted by molar-refractivity contribution is 0.272. The maximum absolute atomic E-state index is 14.2. The van der Waals surface area contributed by atoms with Crippen molar-refractivity contribution in [3.8, 4) is 17.2 Å². The molecule has 2 N–H and O–H groups in total. The van der Waals surface area contributed by atoms with Gasteiger partial charge in [-0.3, -0.25) is 0 Å². The van der Waals surface area contributed by atoms with Crippen LogP contribution in [0.25, 0.3) is 0 Å². The highest BCUT2D eigenvalue weighted by Gasteiger charge is 2.14. The number of halogens is 2. The topological polar surface area (TPSA) is 44.5 Å². The van der Waals surface area contributed by atoms with Crippen LogP contribution in [0.1, 0.15) is 5.56 Å². The maximum Gasteiger partial charge on any atom is 0.204 e. The third-order valence-electron chi connectivity index (χ3n) is 3.76. The first-order chi connectivity index (χ1) is 12.6. The van der Waals surface area contributed by atoms with Crippen molar-refractivity contribution in [3.63, 3.8) is 0 Å². The van der Waals surface area contributed by atoms with Crippen molar-refractivity contribution in [1.29, 1.82) is 0 Å². The Labute approximate surface area is 157 Å². The summed E-state index contributed by atoms with van der Waals surface area (Å²) in [6.45, 7) is 0.245. The van der Waals surface area contributed by atoms with Gasteiger partial charge in [-0.05, 0) is 48.4 Å². The summed E-state index contributed by atoms with van der Waals surface area (Å²) < 4.78 is 25.6. The van der Waals surface area contributed by atoms with E-state index in [2.05, 4.69) is 0 Å². The molecule has 5 heteroatoms. The molecule has 0 spiro atoms. The Kier molecular flexibility index (Phi) is 6.10. The molecule has 134 valence electrons. The Morgan fingerprint density at radius 1 is 0.923 bits per heavy atom. The van der Waals surface area contributed by atoms with Crippen molar-refractivity contribution in [2.45, 2.75) is 12.5 Å². The zero-order valence-electron chi connectivity index (χ0n) is 14.1. The molecule has 26 heavy (non-hydrogen) atoms. The van der Waals surface area contributed by atoms with Crippen LogP contribution in [0.2, 0.25) is 5.02 Å². The van der Waals surface area contributed by atoms with Gasteiger partial charge in [-0.15, -0.1) is 0 Å². The van der Waals surface area contributed by atoms with E-state index in [0.717, 1.165) is 5.56 Å². The Hall–Kier alpha value is -2.56. The molecule has 3 aromatic carbocycles. The monoisotopic (exact) mass is 371 g/mol. The molecular formula is C21H19ClFNO2. The van der Waals surface area contributed by atoms with E-state index in [-0.39, 0.29) is 18.4 Å². The van der Waals surface area contributed by atoms with Gasteiger partial charge < -0.3 is 15.2 Å². The SMILES string of the molecule is N[C@H](COc1cccc(F)c1Oc1ccc(Cl)cc1)Cc1ccccc1. The Morgan fingerprint density at radius 2 is 1.65 bits per heavy atom. The smallest absolute Gasteiger partial charge is 0.204 e. The zero-order chi connectivity index (χ0) is 18.4. The van der Waals surface area contributed by atoms with E-state index in [4.69, 9.17) is 26.8 Å². The van der Waals surface area contributed by atoms with E-state index in [0.29, 0.717) is 22.9 Å². The molecule has 0 aliphatic carbocycles. The largest absolute Gasteiger partial charge is 0.488 e. The van der Waals surface area contributed by atoms with Crippen molar-refractivity contribution < 1.29 is 13.9 Å². The molecule has 0 aliphatic rings. The molecular weight excluding hydrogens is 353 g/mol. The third-order valence-corrected chi connectivity index (χ3v) is 4.01. The van der Waals surface area contributed by atoms with Gasteiger partial charge in [0.25, 0.3) is 0 Å². The van der Waals surface area contributed by atoms with Crippen LogP contribution in [-0.4, -0.2) is 12.6 Å². The van der Waals surface area contributed by atoms with E-state index >= 15 is 0 Å². The molecule has 3 nitrogen and oxygen atoms in total. The quantitative estimate of drug-likeness (QED) is 0.619. The van der Waals surface area contributed by atoms with Crippen LogP contribution in [0.3, 0.4) is 0 Å². The van der Waals surface area contributed by atoms with Crippen molar-refractivity contribution in [2.24, 2.45) is 5.73 Å². The second-order valence-corrected chi connectivity index (χ2v) is 6.32. The first kappa shape index (κ1) is 18.2. The molecule has 0 aromatic heterocycles. The van der Waals surface area contributed by atoms with E-state index in [1.165, 1.54) is 6.07 Å². The lowest BCUT2D eigenvalue weighted by Crippen LogP contribution is -2.30.